The zero-order valence-corrected chi connectivity index (χ0v) is 10.5. The van der Waals surface area contributed by atoms with Crippen LogP contribution in [0.4, 0.5) is 5.82 Å². The van der Waals surface area contributed by atoms with E-state index in [4.69, 9.17) is 0 Å². The van der Waals surface area contributed by atoms with Gasteiger partial charge in [0.25, 0.3) is 0 Å². The zero-order valence-electron chi connectivity index (χ0n) is 10.5. The lowest BCUT2D eigenvalue weighted by Gasteiger charge is -2.22. The highest BCUT2D eigenvalue weighted by Crippen LogP contribution is 2.53. The van der Waals surface area contributed by atoms with E-state index >= 15 is 0 Å². The molecule has 0 atom stereocenters. The number of nitrogens with one attached hydrogen (secondary N) is 1. The van der Waals surface area contributed by atoms with Gasteiger partial charge in [-0.05, 0) is 43.6 Å². The monoisotopic (exact) mass is 242 g/mol. The molecule has 0 aromatic carbocycles. The predicted octanol–water partition coefficient (Wildman–Crippen LogP) is 2.73. The van der Waals surface area contributed by atoms with Crippen LogP contribution in [0.3, 0.4) is 0 Å². The third-order valence-electron chi connectivity index (χ3n) is 4.64. The molecule has 1 spiro atoms. The summed E-state index contributed by atoms with van der Waals surface area (Å²) in [5.41, 5.74) is 1.66. The average molecular weight is 242 g/mol. The molecule has 2 aromatic rings. The van der Waals surface area contributed by atoms with E-state index in [-0.39, 0.29) is 0 Å². The van der Waals surface area contributed by atoms with Crippen LogP contribution >= 0.6 is 0 Å². The van der Waals surface area contributed by atoms with Gasteiger partial charge in [0.2, 0.25) is 0 Å². The summed E-state index contributed by atoms with van der Waals surface area (Å²) in [6.45, 7) is 2.29. The summed E-state index contributed by atoms with van der Waals surface area (Å²) >= 11 is 0. The minimum atomic E-state index is 0.707. The van der Waals surface area contributed by atoms with Gasteiger partial charge in [0.05, 0.1) is 5.39 Å². The molecule has 0 bridgehead atoms. The molecule has 1 N–H and O–H groups in total. The molecule has 4 nitrogen and oxygen atoms in total. The first kappa shape index (κ1) is 10.4. The summed E-state index contributed by atoms with van der Waals surface area (Å²) in [5, 5.41) is 1.16. The molecule has 2 aromatic heterocycles. The summed E-state index contributed by atoms with van der Waals surface area (Å²) in [5.74, 6) is 1.11. The number of aromatic amines is 1. The molecule has 4 rings (SSSR count). The van der Waals surface area contributed by atoms with Crippen molar-refractivity contribution in [1.29, 1.82) is 0 Å². The minimum Gasteiger partial charge on any atom is -0.356 e. The second-order valence-corrected chi connectivity index (χ2v) is 5.78. The maximum Gasteiger partial charge on any atom is 0.142 e. The van der Waals surface area contributed by atoms with Crippen LogP contribution in [-0.2, 0) is 0 Å². The van der Waals surface area contributed by atoms with Gasteiger partial charge < -0.3 is 9.88 Å². The van der Waals surface area contributed by atoms with Gasteiger partial charge in [-0.1, -0.05) is 0 Å². The van der Waals surface area contributed by atoms with E-state index in [0.717, 1.165) is 29.9 Å². The van der Waals surface area contributed by atoms with Crippen molar-refractivity contribution in [1.82, 2.24) is 15.0 Å². The normalized spacial score (nSPS) is 22.3. The molecular weight excluding hydrogens is 224 g/mol. The van der Waals surface area contributed by atoms with Crippen LogP contribution in [-0.4, -0.2) is 28.0 Å². The van der Waals surface area contributed by atoms with E-state index in [2.05, 4.69) is 25.9 Å². The summed E-state index contributed by atoms with van der Waals surface area (Å²) in [6, 6.07) is 2.09. The smallest absolute Gasteiger partial charge is 0.142 e. The Bertz CT molecular complexity index is 570. The van der Waals surface area contributed by atoms with Crippen molar-refractivity contribution in [3.05, 3.63) is 18.6 Å². The molecule has 1 saturated heterocycles. The van der Waals surface area contributed by atoms with Crippen molar-refractivity contribution < 1.29 is 0 Å². The van der Waals surface area contributed by atoms with Crippen LogP contribution in [0.1, 0.15) is 32.1 Å². The van der Waals surface area contributed by atoms with Crippen LogP contribution in [0.25, 0.3) is 11.0 Å². The molecule has 94 valence electrons. The van der Waals surface area contributed by atoms with E-state index in [0.29, 0.717) is 5.41 Å². The van der Waals surface area contributed by atoms with E-state index in [9.17, 15) is 0 Å². The van der Waals surface area contributed by atoms with Crippen molar-refractivity contribution in [3.8, 4) is 0 Å². The first-order valence-electron chi connectivity index (χ1n) is 6.89. The topological polar surface area (TPSA) is 44.8 Å². The quantitative estimate of drug-likeness (QED) is 0.836. The fourth-order valence-corrected chi connectivity index (χ4v) is 3.25. The van der Waals surface area contributed by atoms with Gasteiger partial charge in [0, 0.05) is 19.3 Å². The summed E-state index contributed by atoms with van der Waals surface area (Å²) in [6.07, 6.45) is 10.6. The second-order valence-electron chi connectivity index (χ2n) is 5.78. The van der Waals surface area contributed by atoms with Gasteiger partial charge in [-0.3, -0.25) is 0 Å². The largest absolute Gasteiger partial charge is 0.356 e. The van der Waals surface area contributed by atoms with Crippen molar-refractivity contribution in [2.75, 3.05) is 18.0 Å². The lowest BCUT2D eigenvalue weighted by atomic mass is 9.98. The number of anilines is 1. The maximum atomic E-state index is 4.51. The molecule has 3 heterocycles. The fourth-order valence-electron chi connectivity index (χ4n) is 3.25. The van der Waals surface area contributed by atoms with Crippen LogP contribution < -0.4 is 4.90 Å². The van der Waals surface area contributed by atoms with E-state index in [1.165, 1.54) is 32.1 Å². The van der Waals surface area contributed by atoms with Crippen molar-refractivity contribution >= 4 is 16.9 Å². The van der Waals surface area contributed by atoms with Gasteiger partial charge in [0.15, 0.2) is 0 Å². The standard InChI is InChI=1S/C14H18N4/c1-3-14(4-5-14)6-9-18(8-1)13-11-2-7-15-12(11)16-10-17-13/h2,7,10H,1,3-6,8-9H2,(H,15,16,17). The molecule has 0 amide bonds. The molecule has 2 aliphatic rings. The third-order valence-corrected chi connectivity index (χ3v) is 4.64. The highest BCUT2D eigenvalue weighted by atomic mass is 15.2. The molecule has 18 heavy (non-hydrogen) atoms. The summed E-state index contributed by atoms with van der Waals surface area (Å²) < 4.78 is 0. The highest BCUT2D eigenvalue weighted by Gasteiger charge is 2.43. The van der Waals surface area contributed by atoms with Crippen molar-refractivity contribution in [3.63, 3.8) is 0 Å². The van der Waals surface area contributed by atoms with E-state index in [1.54, 1.807) is 6.33 Å². The van der Waals surface area contributed by atoms with Gasteiger partial charge in [-0.15, -0.1) is 0 Å². The third kappa shape index (κ3) is 1.59. The van der Waals surface area contributed by atoms with Crippen LogP contribution in [0.15, 0.2) is 18.6 Å². The maximum absolute atomic E-state index is 4.51. The lowest BCUT2D eigenvalue weighted by Crippen LogP contribution is -2.25. The van der Waals surface area contributed by atoms with Crippen molar-refractivity contribution in [2.24, 2.45) is 5.41 Å². The van der Waals surface area contributed by atoms with Gasteiger partial charge in [-0.2, -0.15) is 0 Å². The fraction of sp³-hybridized carbons (Fsp3) is 0.571. The number of H-pyrrole nitrogens is 1. The average Bonchev–Trinajstić information content (AvgIpc) is 3.06. The molecule has 4 heteroatoms. The molecule has 1 aliphatic heterocycles. The Morgan fingerprint density at radius 3 is 2.94 bits per heavy atom. The lowest BCUT2D eigenvalue weighted by molar-refractivity contribution is 0.454. The Balaban J connectivity index is 1.67. The number of fused-ring (bicyclic) bond motifs is 1. The first-order chi connectivity index (χ1) is 8.86. The molecule has 0 unspecified atom stereocenters. The Morgan fingerprint density at radius 2 is 2.06 bits per heavy atom. The first-order valence-corrected chi connectivity index (χ1v) is 6.89. The molecule has 1 aliphatic carbocycles. The summed E-state index contributed by atoms with van der Waals surface area (Å²) in [4.78, 5) is 14.4. The van der Waals surface area contributed by atoms with Crippen LogP contribution in [0.5, 0.6) is 0 Å². The Morgan fingerprint density at radius 1 is 1.11 bits per heavy atom. The highest BCUT2D eigenvalue weighted by molar-refractivity contribution is 5.87. The number of hydrogen-bond acceptors (Lipinski definition) is 3. The number of aromatic nitrogens is 3. The SMILES string of the molecule is c1nc(N2CCCC3(CC2)CC3)c2cc[nH]c2n1. The Hall–Kier alpha value is -1.58. The zero-order chi connectivity index (χ0) is 12.0. The van der Waals surface area contributed by atoms with Crippen molar-refractivity contribution in [2.45, 2.75) is 32.1 Å². The molecule has 1 saturated carbocycles. The number of hydrogen-bond donors (Lipinski definition) is 1. The number of nitrogens with zero attached hydrogens (tertiary/aromatic N) is 3. The van der Waals surface area contributed by atoms with Crippen LogP contribution in [0.2, 0.25) is 0 Å². The van der Waals surface area contributed by atoms with Gasteiger partial charge in [0.1, 0.15) is 17.8 Å². The van der Waals surface area contributed by atoms with Gasteiger partial charge in [-0.25, -0.2) is 9.97 Å². The molecule has 0 radical (unpaired) electrons. The Labute approximate surface area is 106 Å². The predicted molar refractivity (Wildman–Crippen MR) is 71.6 cm³/mol. The second kappa shape index (κ2) is 3.70. The van der Waals surface area contributed by atoms with Crippen LogP contribution in [0, 0.1) is 5.41 Å². The minimum absolute atomic E-state index is 0.707. The van der Waals surface area contributed by atoms with E-state index < -0.39 is 0 Å². The Kier molecular flexibility index (Phi) is 2.13. The number of rotatable bonds is 1. The molecule has 2 fully saturated rings. The van der Waals surface area contributed by atoms with E-state index in [1.807, 2.05) is 6.20 Å². The van der Waals surface area contributed by atoms with Gasteiger partial charge >= 0.3 is 0 Å². The molecular formula is C14H18N4. The summed E-state index contributed by atoms with van der Waals surface area (Å²) in [7, 11) is 0.